The first kappa shape index (κ1) is 19.4. The fourth-order valence-electron chi connectivity index (χ4n) is 3.72. The molecule has 0 radical (unpaired) electrons. The van der Waals surface area contributed by atoms with Gasteiger partial charge in [-0.1, -0.05) is 49.2 Å². The highest BCUT2D eigenvalue weighted by atomic mass is 35.5. The summed E-state index contributed by atoms with van der Waals surface area (Å²) < 4.78 is 1.66. The van der Waals surface area contributed by atoms with Gasteiger partial charge < -0.3 is 14.8 Å². The average molecular weight is 409 g/mol. The maximum absolute atomic E-state index is 12.0. The summed E-state index contributed by atoms with van der Waals surface area (Å²) in [4.78, 5) is 16.4. The molecule has 1 atom stereocenters. The first-order valence-corrected chi connectivity index (χ1v) is 9.95. The van der Waals surface area contributed by atoms with E-state index in [1.54, 1.807) is 10.8 Å². The minimum absolute atomic E-state index is 0.367. The van der Waals surface area contributed by atoms with Gasteiger partial charge in [0.1, 0.15) is 0 Å². The Morgan fingerprint density at radius 3 is 2.93 bits per heavy atom. The van der Waals surface area contributed by atoms with Crippen molar-refractivity contribution >= 4 is 17.7 Å². The molecule has 148 valence electrons. The number of aliphatic hydroxyl groups excluding tert-OH is 1. The lowest BCUT2D eigenvalue weighted by Gasteiger charge is -2.19. The van der Waals surface area contributed by atoms with Crippen molar-refractivity contribution in [2.24, 2.45) is 0 Å². The zero-order valence-electron chi connectivity index (χ0n) is 16.0. The minimum Gasteiger partial charge on any atom is -0.503 e. The Bertz CT molecular complexity index is 1170. The van der Waals surface area contributed by atoms with E-state index in [1.165, 1.54) is 12.3 Å². The zero-order valence-corrected chi connectivity index (χ0v) is 16.7. The SMILES string of the molecule is CCCC(O)c1cc(=O)c(O)cn1-c1cccc(-c2c(Cl)cnc3c2C=CC3)c1. The predicted octanol–water partition coefficient (Wildman–Crippen LogP) is 4.66. The van der Waals surface area contributed by atoms with Gasteiger partial charge in [-0.25, -0.2) is 0 Å². The zero-order chi connectivity index (χ0) is 20.5. The van der Waals surface area contributed by atoms with Crippen LogP contribution in [0, 0.1) is 0 Å². The molecule has 1 aromatic carbocycles. The highest BCUT2D eigenvalue weighted by molar-refractivity contribution is 6.33. The van der Waals surface area contributed by atoms with Crippen LogP contribution in [0.25, 0.3) is 22.9 Å². The Morgan fingerprint density at radius 1 is 1.31 bits per heavy atom. The largest absolute Gasteiger partial charge is 0.503 e. The molecule has 4 rings (SSSR count). The summed E-state index contributed by atoms with van der Waals surface area (Å²) in [5, 5.41) is 21.1. The van der Waals surface area contributed by atoms with Crippen molar-refractivity contribution in [1.29, 1.82) is 0 Å². The van der Waals surface area contributed by atoms with Crippen LogP contribution in [0.4, 0.5) is 0 Å². The van der Waals surface area contributed by atoms with Crippen molar-refractivity contribution < 1.29 is 10.2 Å². The average Bonchev–Trinajstić information content (AvgIpc) is 3.18. The summed E-state index contributed by atoms with van der Waals surface area (Å²) >= 11 is 6.49. The third-order valence-electron chi connectivity index (χ3n) is 5.13. The van der Waals surface area contributed by atoms with Crippen molar-refractivity contribution in [1.82, 2.24) is 9.55 Å². The summed E-state index contributed by atoms with van der Waals surface area (Å²) in [6, 6.07) is 8.93. The Hall–Kier alpha value is -2.89. The number of allylic oxidation sites excluding steroid dienone is 1. The van der Waals surface area contributed by atoms with Crippen molar-refractivity contribution in [3.05, 3.63) is 81.0 Å². The maximum atomic E-state index is 12.0. The van der Waals surface area contributed by atoms with Gasteiger partial charge in [0.05, 0.1) is 28.7 Å². The van der Waals surface area contributed by atoms with Gasteiger partial charge in [0.25, 0.3) is 0 Å². The van der Waals surface area contributed by atoms with E-state index in [2.05, 4.69) is 11.1 Å². The number of fused-ring (bicyclic) bond motifs is 1. The number of pyridine rings is 2. The Balaban J connectivity index is 1.88. The summed E-state index contributed by atoms with van der Waals surface area (Å²) in [6.45, 7) is 1.96. The molecule has 0 fully saturated rings. The Labute approximate surface area is 173 Å². The third kappa shape index (κ3) is 3.59. The van der Waals surface area contributed by atoms with Crippen molar-refractivity contribution in [3.63, 3.8) is 0 Å². The molecular formula is C23H21ClN2O3. The smallest absolute Gasteiger partial charge is 0.223 e. The van der Waals surface area contributed by atoms with Crippen LogP contribution >= 0.6 is 11.6 Å². The quantitative estimate of drug-likeness (QED) is 0.643. The fourth-order valence-corrected chi connectivity index (χ4v) is 3.98. The van der Waals surface area contributed by atoms with Crippen molar-refractivity contribution in [2.45, 2.75) is 32.3 Å². The van der Waals surface area contributed by atoms with Crippen LogP contribution in [-0.2, 0) is 6.42 Å². The second-order valence-corrected chi connectivity index (χ2v) is 7.53. The second kappa shape index (κ2) is 7.85. The topological polar surface area (TPSA) is 75.3 Å². The van der Waals surface area contributed by atoms with Crippen LogP contribution in [0.3, 0.4) is 0 Å². The Morgan fingerprint density at radius 2 is 2.14 bits per heavy atom. The number of aliphatic hydroxyl groups is 1. The summed E-state index contributed by atoms with van der Waals surface area (Å²) in [5.41, 5.74) is 4.42. The molecule has 29 heavy (non-hydrogen) atoms. The molecule has 1 aliphatic rings. The number of aromatic hydroxyl groups is 1. The lowest BCUT2D eigenvalue weighted by atomic mass is 9.99. The van der Waals surface area contributed by atoms with Crippen LogP contribution < -0.4 is 5.43 Å². The highest BCUT2D eigenvalue weighted by Crippen LogP contribution is 2.37. The van der Waals surface area contributed by atoms with Crippen LogP contribution in [-0.4, -0.2) is 19.8 Å². The molecule has 0 saturated heterocycles. The molecule has 0 aliphatic heterocycles. The summed E-state index contributed by atoms with van der Waals surface area (Å²) in [5.74, 6) is -0.367. The van der Waals surface area contributed by atoms with Gasteiger partial charge in [-0.15, -0.1) is 0 Å². The number of nitrogens with zero attached hydrogens (tertiary/aromatic N) is 2. The van der Waals surface area contributed by atoms with Gasteiger partial charge >= 0.3 is 0 Å². The molecule has 0 bridgehead atoms. The van der Waals surface area contributed by atoms with Crippen molar-refractivity contribution in [3.8, 4) is 22.6 Å². The number of hydrogen-bond donors (Lipinski definition) is 2. The van der Waals surface area contributed by atoms with Crippen molar-refractivity contribution in [2.75, 3.05) is 0 Å². The van der Waals surface area contributed by atoms with Gasteiger partial charge in [0.2, 0.25) is 5.43 Å². The molecule has 1 unspecified atom stereocenters. The molecule has 5 nitrogen and oxygen atoms in total. The maximum Gasteiger partial charge on any atom is 0.223 e. The van der Waals surface area contributed by atoms with Gasteiger partial charge in [0, 0.05) is 35.5 Å². The number of hydrogen-bond acceptors (Lipinski definition) is 4. The lowest BCUT2D eigenvalue weighted by molar-refractivity contribution is 0.159. The molecule has 2 heterocycles. The van der Waals surface area contributed by atoms with Gasteiger partial charge in [-0.3, -0.25) is 9.78 Å². The summed E-state index contributed by atoms with van der Waals surface area (Å²) in [6.07, 6.45) is 8.34. The monoisotopic (exact) mass is 408 g/mol. The second-order valence-electron chi connectivity index (χ2n) is 7.12. The number of benzene rings is 1. The van der Waals surface area contributed by atoms with E-state index in [0.717, 1.165) is 35.2 Å². The number of halogens is 1. The number of rotatable bonds is 5. The normalized spacial score (nSPS) is 13.5. The van der Waals surface area contributed by atoms with E-state index >= 15 is 0 Å². The van der Waals surface area contributed by atoms with Crippen LogP contribution in [0.1, 0.15) is 42.8 Å². The molecule has 3 aromatic rings. The van der Waals surface area contributed by atoms with Crippen LogP contribution in [0.5, 0.6) is 5.75 Å². The van der Waals surface area contributed by atoms with Gasteiger partial charge in [-0.2, -0.15) is 0 Å². The lowest BCUT2D eigenvalue weighted by Crippen LogP contribution is -2.14. The molecule has 0 amide bonds. The van der Waals surface area contributed by atoms with E-state index in [1.807, 2.05) is 37.3 Å². The van der Waals surface area contributed by atoms with Gasteiger partial charge in [-0.05, 0) is 24.1 Å². The molecular weight excluding hydrogens is 388 g/mol. The molecule has 6 heteroatoms. The third-order valence-corrected chi connectivity index (χ3v) is 5.41. The Kier molecular flexibility index (Phi) is 5.26. The van der Waals surface area contributed by atoms with Crippen LogP contribution in [0.2, 0.25) is 5.02 Å². The summed E-state index contributed by atoms with van der Waals surface area (Å²) in [7, 11) is 0. The minimum atomic E-state index is -0.811. The predicted molar refractivity (Wildman–Crippen MR) is 115 cm³/mol. The van der Waals surface area contributed by atoms with E-state index in [0.29, 0.717) is 22.8 Å². The standard InChI is InChI=1S/C23H21ClN2O3/c1-2-5-20(27)19-11-21(28)22(29)13-26(19)15-7-3-6-14(10-15)23-16-8-4-9-18(16)25-12-17(23)24/h3-4,6-8,10-13,20,27,29H,2,5,9H2,1H3. The first-order chi connectivity index (χ1) is 14.0. The van der Waals surface area contributed by atoms with E-state index in [4.69, 9.17) is 11.6 Å². The van der Waals surface area contributed by atoms with Crippen LogP contribution in [0.15, 0.2) is 53.6 Å². The highest BCUT2D eigenvalue weighted by Gasteiger charge is 2.18. The first-order valence-electron chi connectivity index (χ1n) is 9.58. The number of aromatic nitrogens is 2. The van der Waals surface area contributed by atoms with E-state index in [-0.39, 0.29) is 5.75 Å². The van der Waals surface area contributed by atoms with E-state index in [9.17, 15) is 15.0 Å². The molecule has 2 aromatic heterocycles. The molecule has 2 N–H and O–H groups in total. The van der Waals surface area contributed by atoms with Gasteiger partial charge in [0.15, 0.2) is 5.75 Å². The molecule has 1 aliphatic carbocycles. The van der Waals surface area contributed by atoms with E-state index < -0.39 is 11.5 Å². The molecule has 0 spiro atoms. The molecule has 0 saturated carbocycles. The fraction of sp³-hybridized carbons (Fsp3) is 0.217.